The van der Waals surface area contributed by atoms with Crippen LogP contribution in [-0.4, -0.2) is 42.8 Å². The first-order valence-electron chi connectivity index (χ1n) is 7.43. The van der Waals surface area contributed by atoms with Crippen LogP contribution >= 0.6 is 12.4 Å². The molecule has 0 aliphatic heterocycles. The third-order valence-electron chi connectivity index (χ3n) is 3.28. The highest BCUT2D eigenvalue weighted by molar-refractivity contribution is 5.99. The molecule has 0 atom stereocenters. The van der Waals surface area contributed by atoms with Crippen molar-refractivity contribution in [3.8, 4) is 17.0 Å². The Hall–Kier alpha value is -2.05. The molecule has 1 aromatic carbocycles. The maximum atomic E-state index is 12.2. The average molecular weight is 339 g/mol. The number of H-pyrrole nitrogens is 1. The van der Waals surface area contributed by atoms with E-state index < -0.39 is 0 Å². The number of hydrogen-bond acceptors (Lipinski definition) is 4. The second-order valence-electron chi connectivity index (χ2n) is 4.89. The van der Waals surface area contributed by atoms with Gasteiger partial charge in [-0.15, -0.1) is 12.4 Å². The molecule has 0 radical (unpaired) electrons. The molecule has 0 unspecified atom stereocenters. The lowest BCUT2D eigenvalue weighted by molar-refractivity contribution is 0.0954. The Morgan fingerprint density at radius 1 is 1.22 bits per heavy atom. The molecular formula is C16H23ClN4O2. The quantitative estimate of drug-likeness (QED) is 0.645. The van der Waals surface area contributed by atoms with Crippen molar-refractivity contribution >= 4 is 18.3 Å². The number of aromatic nitrogens is 2. The van der Waals surface area contributed by atoms with Crippen LogP contribution in [0, 0.1) is 0 Å². The van der Waals surface area contributed by atoms with Crippen molar-refractivity contribution in [2.75, 3.05) is 26.7 Å². The number of amides is 1. The summed E-state index contributed by atoms with van der Waals surface area (Å²) in [7, 11) is 1.62. The fraction of sp³-hybridized carbons (Fsp3) is 0.375. The fourth-order valence-electron chi connectivity index (χ4n) is 2.10. The van der Waals surface area contributed by atoms with Crippen LogP contribution in [0.2, 0.25) is 0 Å². The summed E-state index contributed by atoms with van der Waals surface area (Å²) in [6.45, 7) is 4.41. The molecule has 0 spiro atoms. The molecule has 2 rings (SSSR count). The van der Waals surface area contributed by atoms with Gasteiger partial charge < -0.3 is 15.4 Å². The number of aromatic amines is 1. The summed E-state index contributed by atoms with van der Waals surface area (Å²) in [6, 6.07) is 7.50. The Kier molecular flexibility index (Phi) is 8.15. The predicted octanol–water partition coefficient (Wildman–Crippen LogP) is 2.24. The highest BCUT2D eigenvalue weighted by Gasteiger charge is 2.14. The molecule has 0 fully saturated rings. The molecule has 0 bridgehead atoms. The molecule has 1 amide bonds. The third-order valence-corrected chi connectivity index (χ3v) is 3.28. The molecule has 6 nitrogen and oxygen atoms in total. The van der Waals surface area contributed by atoms with Crippen molar-refractivity contribution < 1.29 is 9.53 Å². The van der Waals surface area contributed by atoms with E-state index in [0.717, 1.165) is 30.8 Å². The highest BCUT2D eigenvalue weighted by atomic mass is 35.5. The summed E-state index contributed by atoms with van der Waals surface area (Å²) in [6.07, 6.45) is 2.63. The smallest absolute Gasteiger partial charge is 0.255 e. The van der Waals surface area contributed by atoms with E-state index in [9.17, 15) is 4.79 Å². The van der Waals surface area contributed by atoms with Crippen molar-refractivity contribution in [1.82, 2.24) is 20.8 Å². The van der Waals surface area contributed by atoms with Gasteiger partial charge in [-0.05, 0) is 37.2 Å². The number of benzene rings is 1. The van der Waals surface area contributed by atoms with Gasteiger partial charge >= 0.3 is 0 Å². The van der Waals surface area contributed by atoms with Crippen molar-refractivity contribution in [1.29, 1.82) is 0 Å². The van der Waals surface area contributed by atoms with Crippen LogP contribution in [0.4, 0.5) is 0 Å². The third kappa shape index (κ3) is 5.26. The van der Waals surface area contributed by atoms with E-state index in [0.29, 0.717) is 17.8 Å². The number of halogens is 1. The van der Waals surface area contributed by atoms with Gasteiger partial charge in [-0.1, -0.05) is 6.92 Å². The van der Waals surface area contributed by atoms with E-state index in [4.69, 9.17) is 4.74 Å². The summed E-state index contributed by atoms with van der Waals surface area (Å²) in [5.74, 6) is 0.647. The number of hydrogen-bond donors (Lipinski definition) is 3. The fourth-order valence-corrected chi connectivity index (χ4v) is 2.10. The lowest BCUT2D eigenvalue weighted by atomic mass is 10.1. The standard InChI is InChI=1S/C16H22N4O2.ClH/c1-3-8-17-9-10-18-16(21)14-11-19-20-15(14)12-4-6-13(22-2)7-5-12;/h4-7,11,17H,3,8-10H2,1-2H3,(H,18,21)(H,19,20);1H. The molecular weight excluding hydrogens is 316 g/mol. The lowest BCUT2D eigenvalue weighted by Crippen LogP contribution is -2.32. The molecule has 1 aromatic heterocycles. The van der Waals surface area contributed by atoms with Crippen LogP contribution in [0.1, 0.15) is 23.7 Å². The zero-order chi connectivity index (χ0) is 15.8. The minimum atomic E-state index is -0.127. The number of carbonyl (C=O) groups excluding carboxylic acids is 1. The average Bonchev–Trinajstić information content (AvgIpc) is 3.04. The van der Waals surface area contributed by atoms with Gasteiger partial charge in [0.15, 0.2) is 0 Å². The van der Waals surface area contributed by atoms with Gasteiger partial charge in [-0.25, -0.2) is 0 Å². The Bertz CT molecular complexity index is 598. The van der Waals surface area contributed by atoms with Crippen molar-refractivity contribution in [2.24, 2.45) is 0 Å². The van der Waals surface area contributed by atoms with Gasteiger partial charge in [0.2, 0.25) is 0 Å². The minimum absolute atomic E-state index is 0. The van der Waals surface area contributed by atoms with Gasteiger partial charge in [-0.3, -0.25) is 9.89 Å². The first-order valence-corrected chi connectivity index (χ1v) is 7.43. The van der Waals surface area contributed by atoms with Gasteiger partial charge in [0, 0.05) is 18.7 Å². The second kappa shape index (κ2) is 9.86. The van der Waals surface area contributed by atoms with Crippen LogP contribution in [0.3, 0.4) is 0 Å². The zero-order valence-corrected chi connectivity index (χ0v) is 14.2. The molecule has 0 saturated heterocycles. The van der Waals surface area contributed by atoms with Crippen LogP contribution in [0.15, 0.2) is 30.5 Å². The Morgan fingerprint density at radius 2 is 1.96 bits per heavy atom. The van der Waals surface area contributed by atoms with Gasteiger partial charge in [-0.2, -0.15) is 5.10 Å². The summed E-state index contributed by atoms with van der Waals surface area (Å²) in [4.78, 5) is 12.2. The molecule has 126 valence electrons. The van der Waals surface area contributed by atoms with Crippen molar-refractivity contribution in [3.05, 3.63) is 36.0 Å². The van der Waals surface area contributed by atoms with E-state index >= 15 is 0 Å². The molecule has 3 N–H and O–H groups in total. The second-order valence-corrected chi connectivity index (χ2v) is 4.89. The van der Waals surface area contributed by atoms with Crippen molar-refractivity contribution in [2.45, 2.75) is 13.3 Å². The monoisotopic (exact) mass is 338 g/mol. The first-order chi connectivity index (χ1) is 10.8. The maximum absolute atomic E-state index is 12.2. The SMILES string of the molecule is CCCNCCNC(=O)c1cn[nH]c1-c1ccc(OC)cc1.Cl. The minimum Gasteiger partial charge on any atom is -0.497 e. The molecule has 7 heteroatoms. The van der Waals surface area contributed by atoms with E-state index in [2.05, 4.69) is 27.8 Å². The van der Waals surface area contributed by atoms with Gasteiger partial charge in [0.25, 0.3) is 5.91 Å². The number of rotatable bonds is 8. The molecule has 0 aliphatic carbocycles. The topological polar surface area (TPSA) is 79.0 Å². The largest absolute Gasteiger partial charge is 0.497 e. The zero-order valence-electron chi connectivity index (χ0n) is 13.4. The Balaban J connectivity index is 0.00000264. The van der Waals surface area contributed by atoms with Crippen LogP contribution in [0.5, 0.6) is 5.75 Å². The Labute approximate surface area is 142 Å². The molecule has 2 aromatic rings. The maximum Gasteiger partial charge on any atom is 0.255 e. The number of carbonyl (C=O) groups is 1. The highest BCUT2D eigenvalue weighted by Crippen LogP contribution is 2.23. The van der Waals surface area contributed by atoms with E-state index in [1.807, 2.05) is 24.3 Å². The molecule has 23 heavy (non-hydrogen) atoms. The molecule has 1 heterocycles. The number of ether oxygens (including phenoxy) is 1. The first kappa shape index (κ1) is 19.0. The number of methoxy groups -OCH3 is 1. The normalized spacial score (nSPS) is 10.0. The van der Waals surface area contributed by atoms with Crippen molar-refractivity contribution in [3.63, 3.8) is 0 Å². The number of nitrogens with one attached hydrogen (secondary N) is 3. The van der Waals surface area contributed by atoms with Crippen LogP contribution in [0.25, 0.3) is 11.3 Å². The lowest BCUT2D eigenvalue weighted by Gasteiger charge is -2.07. The van der Waals surface area contributed by atoms with Crippen LogP contribution in [-0.2, 0) is 0 Å². The van der Waals surface area contributed by atoms with E-state index in [1.54, 1.807) is 13.3 Å². The number of nitrogens with zero attached hydrogens (tertiary/aromatic N) is 1. The molecule has 0 aliphatic rings. The summed E-state index contributed by atoms with van der Waals surface area (Å²) in [5, 5.41) is 13.0. The summed E-state index contributed by atoms with van der Waals surface area (Å²) in [5.41, 5.74) is 2.15. The van der Waals surface area contributed by atoms with Crippen LogP contribution < -0.4 is 15.4 Å². The van der Waals surface area contributed by atoms with Gasteiger partial charge in [0.1, 0.15) is 5.75 Å². The van der Waals surface area contributed by atoms with E-state index in [-0.39, 0.29) is 18.3 Å². The summed E-state index contributed by atoms with van der Waals surface area (Å²) >= 11 is 0. The van der Waals surface area contributed by atoms with Gasteiger partial charge in [0.05, 0.1) is 24.6 Å². The van der Waals surface area contributed by atoms with E-state index in [1.165, 1.54) is 0 Å². The summed E-state index contributed by atoms with van der Waals surface area (Å²) < 4.78 is 5.14. The molecule has 0 saturated carbocycles. The Morgan fingerprint density at radius 3 is 2.61 bits per heavy atom. The predicted molar refractivity (Wildman–Crippen MR) is 93.3 cm³/mol.